The number of nitrogens with one attached hydrogen (secondary N) is 1. The van der Waals surface area contributed by atoms with Crippen molar-refractivity contribution in [2.45, 2.75) is 45.4 Å². The first-order valence-corrected chi connectivity index (χ1v) is 7.58. The second kappa shape index (κ2) is 9.89. The van der Waals surface area contributed by atoms with Crippen molar-refractivity contribution >= 4 is 21.8 Å². The number of unbranched alkanes of at least 4 members (excludes halogenated alkanes) is 1. The molecule has 3 nitrogen and oxygen atoms in total. The molecule has 1 amide bonds. The van der Waals surface area contributed by atoms with Crippen LogP contribution in [0.4, 0.5) is 0 Å². The quantitative estimate of drug-likeness (QED) is 0.525. The van der Waals surface area contributed by atoms with Crippen LogP contribution >= 0.6 is 15.9 Å². The van der Waals surface area contributed by atoms with Gasteiger partial charge in [-0.3, -0.25) is 4.79 Å². The number of hydrogen-bond acceptors (Lipinski definition) is 2. The van der Waals surface area contributed by atoms with E-state index in [9.17, 15) is 4.79 Å². The van der Waals surface area contributed by atoms with E-state index in [1.165, 1.54) is 0 Å². The Balaban J connectivity index is 3.55. The van der Waals surface area contributed by atoms with E-state index in [-0.39, 0.29) is 10.7 Å². The molecule has 4 heteroatoms. The van der Waals surface area contributed by atoms with Crippen LogP contribution in [-0.4, -0.2) is 41.8 Å². The monoisotopic (exact) mass is 306 g/mol. The number of carbonyl (C=O) groups excluding carboxylic acids is 1. The van der Waals surface area contributed by atoms with E-state index in [0.29, 0.717) is 5.92 Å². The highest BCUT2D eigenvalue weighted by Crippen LogP contribution is 2.11. The van der Waals surface area contributed by atoms with Gasteiger partial charge in [-0.1, -0.05) is 43.6 Å². The summed E-state index contributed by atoms with van der Waals surface area (Å²) in [7, 11) is 0. The minimum atomic E-state index is -0.0646. The second-order valence-electron chi connectivity index (χ2n) is 4.67. The molecule has 0 aliphatic rings. The van der Waals surface area contributed by atoms with Crippen molar-refractivity contribution in [2.75, 3.05) is 26.2 Å². The van der Waals surface area contributed by atoms with Gasteiger partial charge in [-0.2, -0.15) is 0 Å². The topological polar surface area (TPSA) is 32.3 Å². The number of alkyl halides is 1. The van der Waals surface area contributed by atoms with Gasteiger partial charge in [0.25, 0.3) is 0 Å². The number of nitrogens with zero attached hydrogens (tertiary/aromatic N) is 1. The lowest BCUT2D eigenvalue weighted by atomic mass is 10.1. The van der Waals surface area contributed by atoms with Crippen molar-refractivity contribution in [1.82, 2.24) is 10.2 Å². The Kier molecular flexibility index (Phi) is 9.84. The Bertz CT molecular complexity index is 206. The second-order valence-corrected chi connectivity index (χ2v) is 5.66. The molecular weight excluding hydrogens is 280 g/mol. The zero-order chi connectivity index (χ0) is 13.3. The minimum Gasteiger partial charge on any atom is -0.355 e. The predicted octanol–water partition coefficient (Wildman–Crippen LogP) is 2.64. The molecule has 0 saturated carbocycles. The largest absolute Gasteiger partial charge is 0.355 e. The smallest absolute Gasteiger partial charge is 0.234 e. The molecule has 0 fully saturated rings. The summed E-state index contributed by atoms with van der Waals surface area (Å²) in [6.45, 7) is 12.6. The van der Waals surface area contributed by atoms with Crippen LogP contribution in [0, 0.1) is 5.92 Å². The molecule has 0 aliphatic carbocycles. The van der Waals surface area contributed by atoms with Crippen LogP contribution in [0.2, 0.25) is 0 Å². The van der Waals surface area contributed by atoms with E-state index < -0.39 is 0 Å². The van der Waals surface area contributed by atoms with Gasteiger partial charge in [-0.25, -0.2) is 0 Å². The van der Waals surface area contributed by atoms with E-state index in [4.69, 9.17) is 0 Å². The third kappa shape index (κ3) is 7.77. The minimum absolute atomic E-state index is 0.0646. The van der Waals surface area contributed by atoms with Gasteiger partial charge in [0.2, 0.25) is 5.91 Å². The van der Waals surface area contributed by atoms with E-state index in [1.807, 2.05) is 13.8 Å². The maximum atomic E-state index is 11.6. The standard InChI is InChI=1S/C13H27BrN2O/c1-5-16(6-2)10-8-7-9-15-13(17)12(14)11(3)4/h11-12H,5-10H2,1-4H3,(H,15,17). The van der Waals surface area contributed by atoms with Crippen molar-refractivity contribution in [3.63, 3.8) is 0 Å². The van der Waals surface area contributed by atoms with Gasteiger partial charge in [0.15, 0.2) is 0 Å². The highest BCUT2D eigenvalue weighted by atomic mass is 79.9. The highest BCUT2D eigenvalue weighted by Gasteiger charge is 2.17. The molecule has 0 heterocycles. The fourth-order valence-corrected chi connectivity index (χ4v) is 1.77. The van der Waals surface area contributed by atoms with E-state index in [1.54, 1.807) is 0 Å². The number of carbonyl (C=O) groups is 1. The van der Waals surface area contributed by atoms with Gasteiger partial charge >= 0.3 is 0 Å². The van der Waals surface area contributed by atoms with Crippen LogP contribution in [0.5, 0.6) is 0 Å². The first-order chi connectivity index (χ1) is 8.02. The molecule has 0 spiro atoms. The number of rotatable bonds is 9. The fourth-order valence-electron chi connectivity index (χ4n) is 1.61. The zero-order valence-corrected chi connectivity index (χ0v) is 13.2. The summed E-state index contributed by atoms with van der Waals surface area (Å²) in [6.07, 6.45) is 2.21. The average Bonchev–Trinajstić information content (AvgIpc) is 2.32. The fraction of sp³-hybridized carbons (Fsp3) is 0.923. The molecule has 0 aromatic heterocycles. The maximum absolute atomic E-state index is 11.6. The molecule has 1 N–H and O–H groups in total. The molecule has 0 bridgehead atoms. The molecule has 1 unspecified atom stereocenters. The normalized spacial score (nSPS) is 13.1. The molecule has 0 aromatic rings. The Morgan fingerprint density at radius 1 is 1.24 bits per heavy atom. The Morgan fingerprint density at radius 3 is 2.29 bits per heavy atom. The molecule has 0 rings (SSSR count). The van der Waals surface area contributed by atoms with Crippen molar-refractivity contribution < 1.29 is 4.79 Å². The van der Waals surface area contributed by atoms with E-state index in [0.717, 1.165) is 39.0 Å². The molecule has 1 atom stereocenters. The lowest BCUT2D eigenvalue weighted by Gasteiger charge is -2.18. The summed E-state index contributed by atoms with van der Waals surface area (Å²) in [4.78, 5) is 14.0. The van der Waals surface area contributed by atoms with Gasteiger partial charge in [0.1, 0.15) is 0 Å². The van der Waals surface area contributed by atoms with Crippen molar-refractivity contribution in [3.05, 3.63) is 0 Å². The molecule has 0 saturated heterocycles. The summed E-state index contributed by atoms with van der Waals surface area (Å²) >= 11 is 3.40. The van der Waals surface area contributed by atoms with Crippen molar-refractivity contribution in [2.24, 2.45) is 5.92 Å². The predicted molar refractivity (Wildman–Crippen MR) is 77.6 cm³/mol. The molecular formula is C13H27BrN2O. The Morgan fingerprint density at radius 2 is 1.82 bits per heavy atom. The number of hydrogen-bond donors (Lipinski definition) is 1. The van der Waals surface area contributed by atoms with Gasteiger partial charge in [0.05, 0.1) is 4.83 Å². The van der Waals surface area contributed by atoms with Crippen molar-refractivity contribution in [1.29, 1.82) is 0 Å². The first-order valence-electron chi connectivity index (χ1n) is 6.67. The SMILES string of the molecule is CCN(CC)CCCCNC(=O)C(Br)C(C)C. The summed E-state index contributed by atoms with van der Waals surface area (Å²) < 4.78 is 0. The van der Waals surface area contributed by atoms with Crippen LogP contribution in [0.3, 0.4) is 0 Å². The molecule has 0 aromatic carbocycles. The third-order valence-corrected chi connectivity index (χ3v) is 4.40. The molecule has 0 aliphatic heterocycles. The first kappa shape index (κ1) is 16.9. The summed E-state index contributed by atoms with van der Waals surface area (Å²) in [5.41, 5.74) is 0. The van der Waals surface area contributed by atoms with Crippen molar-refractivity contribution in [3.8, 4) is 0 Å². The molecule has 0 radical (unpaired) electrons. The third-order valence-electron chi connectivity index (χ3n) is 2.93. The van der Waals surface area contributed by atoms with Gasteiger partial charge in [-0.15, -0.1) is 0 Å². The zero-order valence-electron chi connectivity index (χ0n) is 11.6. The van der Waals surface area contributed by atoms with E-state index in [2.05, 4.69) is 40.0 Å². The Labute approximate surface area is 114 Å². The summed E-state index contributed by atoms with van der Waals surface area (Å²) in [6, 6.07) is 0. The van der Waals surface area contributed by atoms with Gasteiger partial charge in [-0.05, 0) is 38.4 Å². The maximum Gasteiger partial charge on any atom is 0.234 e. The lowest BCUT2D eigenvalue weighted by molar-refractivity contribution is -0.121. The summed E-state index contributed by atoms with van der Waals surface area (Å²) in [5, 5.41) is 2.97. The molecule has 102 valence electrons. The Hall–Kier alpha value is -0.0900. The van der Waals surface area contributed by atoms with E-state index >= 15 is 0 Å². The van der Waals surface area contributed by atoms with Crippen LogP contribution in [0.25, 0.3) is 0 Å². The number of halogens is 1. The van der Waals surface area contributed by atoms with Crippen LogP contribution in [0.15, 0.2) is 0 Å². The van der Waals surface area contributed by atoms with Crippen LogP contribution in [-0.2, 0) is 4.79 Å². The number of amides is 1. The average molecular weight is 307 g/mol. The highest BCUT2D eigenvalue weighted by molar-refractivity contribution is 9.10. The van der Waals surface area contributed by atoms with Gasteiger partial charge < -0.3 is 10.2 Å². The summed E-state index contributed by atoms with van der Waals surface area (Å²) in [5.74, 6) is 0.452. The van der Waals surface area contributed by atoms with Gasteiger partial charge in [0, 0.05) is 6.54 Å². The van der Waals surface area contributed by atoms with Crippen LogP contribution in [0.1, 0.15) is 40.5 Å². The lowest BCUT2D eigenvalue weighted by Crippen LogP contribution is -2.34. The molecule has 17 heavy (non-hydrogen) atoms. The van der Waals surface area contributed by atoms with Crippen LogP contribution < -0.4 is 5.32 Å².